The molecular formula is C17H29N3. The van der Waals surface area contributed by atoms with E-state index in [0.29, 0.717) is 12.1 Å². The molecule has 0 fully saturated rings. The van der Waals surface area contributed by atoms with Gasteiger partial charge in [-0.25, -0.2) is 0 Å². The first-order valence-electron chi connectivity index (χ1n) is 7.86. The van der Waals surface area contributed by atoms with Crippen LogP contribution in [0.3, 0.4) is 0 Å². The average molecular weight is 275 g/mol. The van der Waals surface area contributed by atoms with Crippen molar-refractivity contribution in [1.29, 1.82) is 0 Å². The Hall–Kier alpha value is -0.930. The summed E-state index contributed by atoms with van der Waals surface area (Å²) in [5, 5.41) is 0. The second-order valence-electron chi connectivity index (χ2n) is 6.45. The quantitative estimate of drug-likeness (QED) is 0.823. The van der Waals surface area contributed by atoms with Crippen LogP contribution in [0.15, 0.2) is 6.07 Å². The van der Waals surface area contributed by atoms with E-state index in [4.69, 9.17) is 4.98 Å². The first kappa shape index (κ1) is 15.5. The molecule has 2 heterocycles. The van der Waals surface area contributed by atoms with Crippen molar-refractivity contribution in [2.75, 3.05) is 13.1 Å². The lowest BCUT2D eigenvalue weighted by Gasteiger charge is -2.34. The van der Waals surface area contributed by atoms with Crippen LogP contribution in [-0.4, -0.2) is 40.0 Å². The number of aromatic nitrogens is 1. The summed E-state index contributed by atoms with van der Waals surface area (Å²) in [5.74, 6) is 0. The third-order valence-electron chi connectivity index (χ3n) is 4.43. The minimum Gasteiger partial charge on any atom is -0.297 e. The maximum absolute atomic E-state index is 4.72. The van der Waals surface area contributed by atoms with Gasteiger partial charge in [0, 0.05) is 37.4 Å². The van der Waals surface area contributed by atoms with Crippen molar-refractivity contribution in [3.05, 3.63) is 28.6 Å². The zero-order valence-corrected chi connectivity index (χ0v) is 13.9. The number of aryl methyl sites for hydroxylation is 2. The fraction of sp³-hybridized carbons (Fsp3) is 0.706. The molecule has 1 aromatic rings. The summed E-state index contributed by atoms with van der Waals surface area (Å²) in [7, 11) is 0. The Morgan fingerprint density at radius 3 is 2.55 bits per heavy atom. The van der Waals surface area contributed by atoms with Crippen LogP contribution in [0.4, 0.5) is 0 Å². The van der Waals surface area contributed by atoms with E-state index >= 15 is 0 Å². The molecule has 0 N–H and O–H groups in total. The van der Waals surface area contributed by atoms with Crippen molar-refractivity contribution >= 4 is 0 Å². The van der Waals surface area contributed by atoms with Crippen molar-refractivity contribution in [3.63, 3.8) is 0 Å². The smallest absolute Gasteiger partial charge is 0.0594 e. The number of pyridine rings is 1. The van der Waals surface area contributed by atoms with Gasteiger partial charge in [0.25, 0.3) is 0 Å². The maximum Gasteiger partial charge on any atom is 0.0594 e. The van der Waals surface area contributed by atoms with Gasteiger partial charge in [0.2, 0.25) is 0 Å². The van der Waals surface area contributed by atoms with Gasteiger partial charge in [-0.2, -0.15) is 0 Å². The van der Waals surface area contributed by atoms with Gasteiger partial charge in [-0.3, -0.25) is 14.8 Å². The Kier molecular flexibility index (Phi) is 4.82. The number of likely N-dealkylation sites (N-methyl/N-ethyl adjacent to an activating group) is 1. The molecule has 3 heteroatoms. The fourth-order valence-corrected chi connectivity index (χ4v) is 3.57. The summed E-state index contributed by atoms with van der Waals surface area (Å²) >= 11 is 0. The van der Waals surface area contributed by atoms with Gasteiger partial charge in [0.1, 0.15) is 0 Å². The Morgan fingerprint density at radius 1 is 1.25 bits per heavy atom. The summed E-state index contributed by atoms with van der Waals surface area (Å²) < 4.78 is 0. The first-order chi connectivity index (χ1) is 9.42. The molecule has 1 atom stereocenters. The van der Waals surface area contributed by atoms with Crippen LogP contribution in [0.25, 0.3) is 0 Å². The average Bonchev–Trinajstić information content (AvgIpc) is 2.71. The number of fused-ring (bicyclic) bond motifs is 1. The van der Waals surface area contributed by atoms with Crippen molar-refractivity contribution < 1.29 is 0 Å². The van der Waals surface area contributed by atoms with Crippen molar-refractivity contribution in [2.24, 2.45) is 0 Å². The van der Waals surface area contributed by atoms with E-state index in [1.54, 1.807) is 0 Å². The number of hydrogen-bond donors (Lipinski definition) is 0. The van der Waals surface area contributed by atoms with E-state index in [2.05, 4.69) is 57.4 Å². The molecular weight excluding hydrogens is 246 g/mol. The van der Waals surface area contributed by atoms with Gasteiger partial charge in [-0.1, -0.05) is 6.92 Å². The lowest BCUT2D eigenvalue weighted by Crippen LogP contribution is -2.44. The molecule has 0 saturated carbocycles. The Labute approximate surface area is 124 Å². The molecule has 0 aromatic carbocycles. The van der Waals surface area contributed by atoms with Crippen LogP contribution in [-0.2, 0) is 13.1 Å². The summed E-state index contributed by atoms with van der Waals surface area (Å²) in [6.07, 6.45) is 0. The molecule has 0 radical (unpaired) electrons. The summed E-state index contributed by atoms with van der Waals surface area (Å²) in [4.78, 5) is 9.82. The topological polar surface area (TPSA) is 19.4 Å². The molecule has 1 aliphatic heterocycles. The Morgan fingerprint density at radius 2 is 1.95 bits per heavy atom. The van der Waals surface area contributed by atoms with E-state index in [1.165, 1.54) is 16.8 Å². The summed E-state index contributed by atoms with van der Waals surface area (Å²) in [5.41, 5.74) is 5.30. The van der Waals surface area contributed by atoms with Gasteiger partial charge in [0.15, 0.2) is 0 Å². The van der Waals surface area contributed by atoms with Crippen molar-refractivity contribution in [3.8, 4) is 0 Å². The third kappa shape index (κ3) is 3.21. The minimum absolute atomic E-state index is 0.593. The second-order valence-corrected chi connectivity index (χ2v) is 6.45. The van der Waals surface area contributed by atoms with E-state index in [1.807, 2.05) is 0 Å². The molecule has 0 spiro atoms. The first-order valence-corrected chi connectivity index (χ1v) is 7.86. The highest BCUT2D eigenvalue weighted by Gasteiger charge is 2.25. The molecule has 1 aromatic heterocycles. The highest BCUT2D eigenvalue weighted by molar-refractivity contribution is 5.34. The molecule has 1 aliphatic rings. The zero-order valence-electron chi connectivity index (χ0n) is 13.9. The molecule has 0 aliphatic carbocycles. The fourth-order valence-electron chi connectivity index (χ4n) is 3.57. The van der Waals surface area contributed by atoms with Crippen molar-refractivity contribution in [1.82, 2.24) is 14.8 Å². The molecule has 0 saturated heterocycles. The normalized spacial score (nSPS) is 17.0. The second kappa shape index (κ2) is 6.23. The van der Waals surface area contributed by atoms with Gasteiger partial charge >= 0.3 is 0 Å². The number of rotatable bonds is 5. The molecule has 3 nitrogen and oxygen atoms in total. The van der Waals surface area contributed by atoms with E-state index in [-0.39, 0.29) is 0 Å². The molecule has 2 rings (SSSR count). The molecule has 0 amide bonds. The molecule has 112 valence electrons. The monoisotopic (exact) mass is 275 g/mol. The van der Waals surface area contributed by atoms with E-state index in [0.717, 1.165) is 31.9 Å². The minimum atomic E-state index is 0.593. The van der Waals surface area contributed by atoms with Crippen LogP contribution >= 0.6 is 0 Å². The van der Waals surface area contributed by atoms with E-state index < -0.39 is 0 Å². The van der Waals surface area contributed by atoms with E-state index in [9.17, 15) is 0 Å². The molecule has 1 unspecified atom stereocenters. The van der Waals surface area contributed by atoms with Crippen LogP contribution in [0, 0.1) is 13.8 Å². The lowest BCUT2D eigenvalue weighted by atomic mass is 10.1. The third-order valence-corrected chi connectivity index (χ3v) is 4.43. The van der Waals surface area contributed by atoms with Gasteiger partial charge in [0.05, 0.1) is 5.69 Å². The highest BCUT2D eigenvalue weighted by atomic mass is 15.2. The molecule has 20 heavy (non-hydrogen) atoms. The highest BCUT2D eigenvalue weighted by Crippen LogP contribution is 2.25. The van der Waals surface area contributed by atoms with Crippen LogP contribution in [0.5, 0.6) is 0 Å². The number of hydrogen-bond acceptors (Lipinski definition) is 3. The van der Waals surface area contributed by atoms with Gasteiger partial charge in [-0.05, 0) is 58.4 Å². The van der Waals surface area contributed by atoms with Crippen LogP contribution in [0.2, 0.25) is 0 Å². The standard InChI is InChI=1S/C17H29N3/c1-7-20(12(2)3)15(6)9-19-10-16-13(4)8-14(5)18-17(16)11-19/h8,12,15H,7,9-11H2,1-6H3. The Balaban J connectivity index is 2.03. The van der Waals surface area contributed by atoms with Crippen LogP contribution < -0.4 is 0 Å². The molecule has 0 bridgehead atoms. The predicted molar refractivity (Wildman–Crippen MR) is 84.8 cm³/mol. The Bertz CT molecular complexity index is 468. The van der Waals surface area contributed by atoms with Crippen molar-refractivity contribution in [2.45, 2.75) is 66.7 Å². The maximum atomic E-state index is 4.72. The summed E-state index contributed by atoms with van der Waals surface area (Å²) in [6, 6.07) is 3.41. The predicted octanol–water partition coefficient (Wildman–Crippen LogP) is 3.13. The largest absolute Gasteiger partial charge is 0.297 e. The number of nitrogens with zero attached hydrogens (tertiary/aromatic N) is 3. The van der Waals surface area contributed by atoms with Gasteiger partial charge in [-0.15, -0.1) is 0 Å². The SMILES string of the molecule is CCN(C(C)C)C(C)CN1Cc2nc(C)cc(C)c2C1. The van der Waals surface area contributed by atoms with Crippen LogP contribution in [0.1, 0.15) is 50.2 Å². The zero-order chi connectivity index (χ0) is 14.9. The van der Waals surface area contributed by atoms with Gasteiger partial charge < -0.3 is 0 Å². The summed E-state index contributed by atoms with van der Waals surface area (Å²) in [6.45, 7) is 17.8. The lowest BCUT2D eigenvalue weighted by molar-refractivity contribution is 0.124.